The number of ether oxygens (including phenoxy) is 1. The minimum absolute atomic E-state index is 0.0133. The number of aliphatic hydroxyl groups is 1. The highest BCUT2D eigenvalue weighted by Crippen LogP contribution is 2.44. The van der Waals surface area contributed by atoms with Gasteiger partial charge in [0.1, 0.15) is 5.92 Å². The molecule has 0 aliphatic carbocycles. The van der Waals surface area contributed by atoms with Crippen LogP contribution in [0.25, 0.3) is 0 Å². The number of hydrogen-bond donors (Lipinski definition) is 4. The fourth-order valence-electron chi connectivity index (χ4n) is 3.19. The summed E-state index contributed by atoms with van der Waals surface area (Å²) in [5.41, 5.74) is -4.02. The number of phenolic OH excluding ortho intramolecular Hbond substituents is 1. The molecule has 29 heavy (non-hydrogen) atoms. The van der Waals surface area contributed by atoms with Gasteiger partial charge < -0.3 is 25.6 Å². The Bertz CT molecular complexity index is 938. The summed E-state index contributed by atoms with van der Waals surface area (Å²) in [6.07, 6.45) is -2.98. The van der Waals surface area contributed by atoms with Gasteiger partial charge in [-0.3, -0.25) is 9.78 Å². The van der Waals surface area contributed by atoms with Crippen molar-refractivity contribution >= 4 is 11.8 Å². The number of nitrogens with one attached hydrogen (secondary N) is 2. The van der Waals surface area contributed by atoms with Crippen molar-refractivity contribution in [2.75, 3.05) is 7.11 Å². The van der Waals surface area contributed by atoms with Crippen LogP contribution in [0.3, 0.4) is 0 Å². The predicted octanol–water partition coefficient (Wildman–Crippen LogP) is 1.90. The number of alkyl halides is 3. The number of carbonyl (C=O) groups excluding carboxylic acids is 2. The van der Waals surface area contributed by atoms with Gasteiger partial charge in [-0.25, -0.2) is 4.79 Å². The maximum Gasteiger partial charge on any atom is 0.437 e. The number of hydrogen-bond acceptors (Lipinski definition) is 6. The molecule has 3 rings (SSSR count). The summed E-state index contributed by atoms with van der Waals surface area (Å²) in [6, 6.07) is 3.22. The molecule has 1 aromatic heterocycles. The van der Waals surface area contributed by atoms with Gasteiger partial charge in [0.25, 0.3) is 0 Å². The van der Waals surface area contributed by atoms with Crippen molar-refractivity contribution < 1.29 is 37.7 Å². The van der Waals surface area contributed by atoms with Crippen LogP contribution in [0, 0.1) is 5.92 Å². The van der Waals surface area contributed by atoms with Crippen molar-refractivity contribution in [3.05, 3.63) is 53.9 Å². The molecule has 0 spiro atoms. The second-order valence-electron chi connectivity index (χ2n) is 6.36. The van der Waals surface area contributed by atoms with Crippen molar-refractivity contribution in [2.24, 2.45) is 5.92 Å². The standard InChI is InChI=1S/C18H16F3N3O5/c1-29-12-7-9(4-5-11(12)25)14-13(15(26)10-3-2-6-22-8-10)17(28,18(19,20)21)24-16(27)23-14/h2-8,13-14,25,28H,1H3,(H2,23,24,27)/t13-,14+,17-/m0/s1. The lowest BCUT2D eigenvalue weighted by molar-refractivity contribution is -0.287. The molecule has 1 saturated heterocycles. The average molecular weight is 411 g/mol. The number of nitrogens with zero attached hydrogens (tertiary/aromatic N) is 1. The molecule has 1 aromatic carbocycles. The van der Waals surface area contributed by atoms with Crippen molar-refractivity contribution in [2.45, 2.75) is 17.9 Å². The van der Waals surface area contributed by atoms with Gasteiger partial charge in [-0.15, -0.1) is 0 Å². The summed E-state index contributed by atoms with van der Waals surface area (Å²) in [6.45, 7) is 0. The number of ketones is 1. The Hall–Kier alpha value is -3.34. The van der Waals surface area contributed by atoms with Crippen LogP contribution < -0.4 is 15.4 Å². The fraction of sp³-hybridized carbons (Fsp3) is 0.278. The van der Waals surface area contributed by atoms with Gasteiger partial charge in [0, 0.05) is 18.0 Å². The van der Waals surface area contributed by atoms with E-state index in [4.69, 9.17) is 4.74 Å². The Morgan fingerprint density at radius 2 is 2.03 bits per heavy atom. The number of Topliss-reactive ketones (excluding diaryl/α,β-unsaturated/α-hetero) is 1. The van der Waals surface area contributed by atoms with Crippen molar-refractivity contribution in [1.29, 1.82) is 0 Å². The summed E-state index contributed by atoms with van der Waals surface area (Å²) in [5, 5.41) is 23.9. The van der Waals surface area contributed by atoms with E-state index in [9.17, 15) is 33.0 Å². The monoisotopic (exact) mass is 411 g/mol. The Morgan fingerprint density at radius 1 is 1.31 bits per heavy atom. The molecule has 0 radical (unpaired) electrons. The predicted molar refractivity (Wildman–Crippen MR) is 92.1 cm³/mol. The molecule has 0 unspecified atom stereocenters. The molecule has 154 valence electrons. The van der Waals surface area contributed by atoms with Crippen LogP contribution in [0.5, 0.6) is 11.5 Å². The maximum absolute atomic E-state index is 13.8. The summed E-state index contributed by atoms with van der Waals surface area (Å²) in [5.74, 6) is -3.67. The average Bonchev–Trinajstić information content (AvgIpc) is 2.67. The molecule has 1 aliphatic heterocycles. The summed E-state index contributed by atoms with van der Waals surface area (Å²) in [4.78, 5) is 28.7. The Balaban J connectivity index is 2.18. The first-order chi connectivity index (χ1) is 13.6. The number of amides is 2. The molecular formula is C18H16F3N3O5. The van der Waals surface area contributed by atoms with E-state index in [1.54, 1.807) is 0 Å². The molecule has 2 aromatic rings. The van der Waals surface area contributed by atoms with E-state index in [2.05, 4.69) is 10.3 Å². The molecule has 1 fully saturated rings. The summed E-state index contributed by atoms with van der Waals surface area (Å²) < 4.78 is 46.3. The molecular weight excluding hydrogens is 395 g/mol. The van der Waals surface area contributed by atoms with Crippen LogP contribution in [0.4, 0.5) is 18.0 Å². The number of pyridine rings is 1. The first-order valence-corrected chi connectivity index (χ1v) is 8.27. The number of rotatable bonds is 4. The SMILES string of the molecule is COc1cc([C@H]2NC(=O)N[C@@](O)(C(F)(F)F)[C@@H]2C(=O)c2cccnc2)ccc1O. The zero-order valence-electron chi connectivity index (χ0n) is 14.9. The molecule has 0 saturated carbocycles. The van der Waals surface area contributed by atoms with Gasteiger partial charge in [0.15, 0.2) is 17.3 Å². The van der Waals surface area contributed by atoms with Gasteiger partial charge in [-0.05, 0) is 29.8 Å². The molecule has 8 nitrogen and oxygen atoms in total. The molecule has 4 N–H and O–H groups in total. The molecule has 1 aliphatic rings. The fourth-order valence-corrected chi connectivity index (χ4v) is 3.19. The van der Waals surface area contributed by atoms with Gasteiger partial charge in [-0.2, -0.15) is 13.2 Å². The number of phenols is 1. The van der Waals surface area contributed by atoms with Crippen molar-refractivity contribution in [3.8, 4) is 11.5 Å². The lowest BCUT2D eigenvalue weighted by Crippen LogP contribution is -2.72. The molecule has 0 bridgehead atoms. The van der Waals surface area contributed by atoms with E-state index in [1.807, 2.05) is 0 Å². The van der Waals surface area contributed by atoms with Gasteiger partial charge in [0.05, 0.1) is 13.2 Å². The zero-order chi connectivity index (χ0) is 21.4. The lowest BCUT2D eigenvalue weighted by Gasteiger charge is -2.45. The molecule has 2 heterocycles. The highest BCUT2D eigenvalue weighted by Gasteiger charge is 2.66. The largest absolute Gasteiger partial charge is 0.504 e. The van der Waals surface area contributed by atoms with E-state index >= 15 is 0 Å². The molecule has 3 atom stereocenters. The van der Waals surface area contributed by atoms with Crippen LogP contribution in [0.1, 0.15) is 22.0 Å². The third-order valence-corrected chi connectivity index (χ3v) is 4.60. The maximum atomic E-state index is 13.8. The van der Waals surface area contributed by atoms with E-state index in [1.165, 1.54) is 42.9 Å². The number of aromatic hydroxyl groups is 1. The second kappa shape index (κ2) is 7.24. The van der Waals surface area contributed by atoms with E-state index in [0.717, 1.165) is 12.3 Å². The van der Waals surface area contributed by atoms with Crippen molar-refractivity contribution in [3.63, 3.8) is 0 Å². The topological polar surface area (TPSA) is 121 Å². The second-order valence-corrected chi connectivity index (χ2v) is 6.36. The summed E-state index contributed by atoms with van der Waals surface area (Å²) in [7, 11) is 1.23. The van der Waals surface area contributed by atoms with Crippen LogP contribution >= 0.6 is 0 Å². The summed E-state index contributed by atoms with van der Waals surface area (Å²) >= 11 is 0. The number of benzene rings is 1. The van der Waals surface area contributed by atoms with E-state index in [0.29, 0.717) is 0 Å². The smallest absolute Gasteiger partial charge is 0.437 e. The molecule has 2 amide bonds. The van der Waals surface area contributed by atoms with Crippen LogP contribution in [0.15, 0.2) is 42.7 Å². The Kier molecular flexibility index (Phi) is 5.09. The normalized spacial score (nSPS) is 24.4. The number of aromatic nitrogens is 1. The van der Waals surface area contributed by atoms with Gasteiger partial charge >= 0.3 is 12.2 Å². The molecule has 11 heteroatoms. The van der Waals surface area contributed by atoms with Crippen LogP contribution in [-0.4, -0.2) is 46.0 Å². The lowest BCUT2D eigenvalue weighted by atomic mass is 9.77. The van der Waals surface area contributed by atoms with Crippen LogP contribution in [-0.2, 0) is 0 Å². The van der Waals surface area contributed by atoms with E-state index in [-0.39, 0.29) is 22.6 Å². The minimum Gasteiger partial charge on any atom is -0.504 e. The number of methoxy groups -OCH3 is 1. The Morgan fingerprint density at radius 3 is 2.62 bits per heavy atom. The Labute approximate surface area is 162 Å². The first kappa shape index (κ1) is 20.4. The third-order valence-electron chi connectivity index (χ3n) is 4.60. The quantitative estimate of drug-likeness (QED) is 0.571. The third kappa shape index (κ3) is 3.56. The zero-order valence-corrected chi connectivity index (χ0v) is 14.9. The number of carbonyl (C=O) groups is 2. The first-order valence-electron chi connectivity index (χ1n) is 8.27. The highest BCUT2D eigenvalue weighted by molar-refractivity contribution is 6.00. The van der Waals surface area contributed by atoms with Crippen LogP contribution in [0.2, 0.25) is 0 Å². The highest BCUT2D eigenvalue weighted by atomic mass is 19.4. The number of halogens is 3. The van der Waals surface area contributed by atoms with Gasteiger partial charge in [0.2, 0.25) is 5.72 Å². The van der Waals surface area contributed by atoms with Crippen molar-refractivity contribution in [1.82, 2.24) is 15.6 Å². The number of urea groups is 1. The van der Waals surface area contributed by atoms with E-state index < -0.39 is 35.7 Å². The minimum atomic E-state index is -5.37. The van der Waals surface area contributed by atoms with Gasteiger partial charge in [-0.1, -0.05) is 6.07 Å².